The number of aromatic nitrogens is 2. The summed E-state index contributed by atoms with van der Waals surface area (Å²) in [5.74, 6) is 0.880. The molecule has 1 aromatic heterocycles. The second-order valence-corrected chi connectivity index (χ2v) is 4.47. The molecule has 2 rings (SSSR count). The van der Waals surface area contributed by atoms with Gasteiger partial charge in [-0.25, -0.2) is 14.4 Å². The zero-order valence-electron chi connectivity index (χ0n) is 12.1. The second kappa shape index (κ2) is 5.86. The first-order chi connectivity index (χ1) is 9.56. The van der Waals surface area contributed by atoms with Crippen molar-refractivity contribution in [3.8, 4) is 17.0 Å². The summed E-state index contributed by atoms with van der Waals surface area (Å²) in [6.45, 7) is 6.47. The molecule has 20 heavy (non-hydrogen) atoms. The van der Waals surface area contributed by atoms with Crippen molar-refractivity contribution in [3.05, 3.63) is 35.4 Å². The summed E-state index contributed by atoms with van der Waals surface area (Å²) in [5.41, 5.74) is 2.86. The van der Waals surface area contributed by atoms with E-state index >= 15 is 0 Å². The highest BCUT2D eigenvalue weighted by atomic mass is 19.1. The monoisotopic (exact) mass is 275 g/mol. The molecule has 0 saturated heterocycles. The zero-order valence-corrected chi connectivity index (χ0v) is 12.1. The minimum atomic E-state index is -0.330. The minimum absolute atomic E-state index is 0.330. The van der Waals surface area contributed by atoms with Crippen LogP contribution in [0.15, 0.2) is 18.2 Å². The molecule has 0 atom stereocenters. The van der Waals surface area contributed by atoms with E-state index in [1.54, 1.807) is 13.2 Å². The van der Waals surface area contributed by atoms with Gasteiger partial charge in [0, 0.05) is 12.1 Å². The van der Waals surface area contributed by atoms with E-state index in [1.165, 1.54) is 12.1 Å². The van der Waals surface area contributed by atoms with Crippen LogP contribution in [0.5, 0.6) is 5.75 Å². The van der Waals surface area contributed by atoms with E-state index < -0.39 is 0 Å². The number of hydrogen-bond donors (Lipinski definition) is 1. The molecule has 2 aromatic rings. The summed E-state index contributed by atoms with van der Waals surface area (Å²) in [5, 5.41) is 3.16. The van der Waals surface area contributed by atoms with Gasteiger partial charge in [-0.3, -0.25) is 0 Å². The maximum Gasteiger partial charge on any atom is 0.153 e. The van der Waals surface area contributed by atoms with E-state index in [-0.39, 0.29) is 5.82 Å². The Morgan fingerprint density at radius 2 is 1.90 bits per heavy atom. The quantitative estimate of drug-likeness (QED) is 0.929. The van der Waals surface area contributed by atoms with Crippen LogP contribution < -0.4 is 10.1 Å². The number of methoxy groups -OCH3 is 1. The van der Waals surface area contributed by atoms with Gasteiger partial charge in [-0.15, -0.1) is 0 Å². The lowest BCUT2D eigenvalue weighted by atomic mass is 10.1. The van der Waals surface area contributed by atoms with Crippen molar-refractivity contribution in [2.75, 3.05) is 19.0 Å². The van der Waals surface area contributed by atoms with Gasteiger partial charge in [0.15, 0.2) is 5.82 Å². The van der Waals surface area contributed by atoms with Crippen molar-refractivity contribution in [1.29, 1.82) is 0 Å². The van der Waals surface area contributed by atoms with Crippen LogP contribution in [0.3, 0.4) is 0 Å². The van der Waals surface area contributed by atoms with Gasteiger partial charge < -0.3 is 10.1 Å². The number of nitrogens with zero attached hydrogens (tertiary/aromatic N) is 2. The zero-order chi connectivity index (χ0) is 14.7. The fourth-order valence-electron chi connectivity index (χ4n) is 1.95. The molecule has 0 unspecified atom stereocenters. The Morgan fingerprint density at radius 3 is 2.55 bits per heavy atom. The van der Waals surface area contributed by atoms with Gasteiger partial charge >= 0.3 is 0 Å². The Hall–Kier alpha value is -2.17. The molecule has 5 heteroatoms. The Balaban J connectivity index is 2.67. The summed E-state index contributed by atoms with van der Waals surface area (Å²) >= 11 is 0. The summed E-state index contributed by atoms with van der Waals surface area (Å²) in [4.78, 5) is 9.03. The molecule has 0 aliphatic carbocycles. The number of anilines is 1. The van der Waals surface area contributed by atoms with Crippen molar-refractivity contribution in [2.45, 2.75) is 20.8 Å². The lowest BCUT2D eigenvalue weighted by Crippen LogP contribution is -2.07. The number of halogens is 1. The Bertz CT molecular complexity index is 629. The summed E-state index contributed by atoms with van der Waals surface area (Å²) in [7, 11) is 1.55. The van der Waals surface area contributed by atoms with Crippen LogP contribution in [0.2, 0.25) is 0 Å². The lowest BCUT2D eigenvalue weighted by Gasteiger charge is -2.14. The average Bonchev–Trinajstić information content (AvgIpc) is 2.43. The van der Waals surface area contributed by atoms with Gasteiger partial charge in [0.1, 0.15) is 17.3 Å². The van der Waals surface area contributed by atoms with Crippen LogP contribution in [0.25, 0.3) is 11.3 Å². The molecule has 0 amide bonds. The van der Waals surface area contributed by atoms with Crippen molar-refractivity contribution >= 4 is 5.82 Å². The largest absolute Gasteiger partial charge is 0.496 e. The third-order valence-electron chi connectivity index (χ3n) is 3.07. The highest BCUT2D eigenvalue weighted by Crippen LogP contribution is 2.33. The molecule has 0 spiro atoms. The topological polar surface area (TPSA) is 47.0 Å². The van der Waals surface area contributed by atoms with E-state index in [4.69, 9.17) is 4.74 Å². The van der Waals surface area contributed by atoms with Crippen molar-refractivity contribution < 1.29 is 9.13 Å². The van der Waals surface area contributed by atoms with E-state index in [0.29, 0.717) is 29.4 Å². The van der Waals surface area contributed by atoms with Crippen LogP contribution in [-0.4, -0.2) is 23.6 Å². The van der Waals surface area contributed by atoms with E-state index in [9.17, 15) is 4.39 Å². The van der Waals surface area contributed by atoms with Gasteiger partial charge in [-0.1, -0.05) is 0 Å². The summed E-state index contributed by atoms with van der Waals surface area (Å²) < 4.78 is 18.8. The Kier molecular flexibility index (Phi) is 4.17. The van der Waals surface area contributed by atoms with Crippen molar-refractivity contribution in [2.24, 2.45) is 0 Å². The SMILES string of the molecule is CCNc1nc(C)c(C)nc1-c1cc(F)ccc1OC. The minimum Gasteiger partial charge on any atom is -0.496 e. The number of rotatable bonds is 4. The highest BCUT2D eigenvalue weighted by Gasteiger charge is 2.15. The smallest absolute Gasteiger partial charge is 0.153 e. The Morgan fingerprint density at radius 1 is 1.20 bits per heavy atom. The van der Waals surface area contributed by atoms with Crippen molar-refractivity contribution in [3.63, 3.8) is 0 Å². The normalized spacial score (nSPS) is 10.4. The molecule has 106 valence electrons. The van der Waals surface area contributed by atoms with Crippen LogP contribution in [0.4, 0.5) is 10.2 Å². The third-order valence-corrected chi connectivity index (χ3v) is 3.07. The molecule has 1 N–H and O–H groups in total. The van der Waals surface area contributed by atoms with E-state index in [2.05, 4.69) is 15.3 Å². The van der Waals surface area contributed by atoms with Gasteiger partial charge in [-0.05, 0) is 39.0 Å². The van der Waals surface area contributed by atoms with Crippen LogP contribution in [-0.2, 0) is 0 Å². The molecule has 1 aromatic carbocycles. The fourth-order valence-corrected chi connectivity index (χ4v) is 1.95. The standard InChI is InChI=1S/C15H18FN3O/c1-5-17-15-14(18-9(2)10(3)19-15)12-8-11(16)6-7-13(12)20-4/h6-8H,5H2,1-4H3,(H,17,19). The van der Waals surface area contributed by atoms with Crippen LogP contribution >= 0.6 is 0 Å². The molecule has 0 bridgehead atoms. The van der Waals surface area contributed by atoms with Crippen LogP contribution in [0.1, 0.15) is 18.3 Å². The molecule has 1 heterocycles. The first-order valence-corrected chi connectivity index (χ1v) is 6.49. The second-order valence-electron chi connectivity index (χ2n) is 4.47. The number of ether oxygens (including phenoxy) is 1. The van der Waals surface area contributed by atoms with E-state index in [0.717, 1.165) is 11.4 Å². The van der Waals surface area contributed by atoms with Gasteiger partial charge in [0.2, 0.25) is 0 Å². The maximum atomic E-state index is 13.5. The van der Waals surface area contributed by atoms with Gasteiger partial charge in [0.25, 0.3) is 0 Å². The lowest BCUT2D eigenvalue weighted by molar-refractivity contribution is 0.415. The van der Waals surface area contributed by atoms with Gasteiger partial charge in [-0.2, -0.15) is 0 Å². The molecular formula is C15H18FN3O. The fraction of sp³-hybridized carbons (Fsp3) is 0.333. The first-order valence-electron chi connectivity index (χ1n) is 6.49. The summed E-state index contributed by atoms with van der Waals surface area (Å²) in [6.07, 6.45) is 0. The first kappa shape index (κ1) is 14.2. The predicted molar refractivity (Wildman–Crippen MR) is 77.6 cm³/mol. The molecule has 0 fully saturated rings. The van der Waals surface area contributed by atoms with Gasteiger partial charge in [0.05, 0.1) is 18.5 Å². The molecule has 0 aliphatic rings. The number of hydrogen-bond acceptors (Lipinski definition) is 4. The highest BCUT2D eigenvalue weighted by molar-refractivity contribution is 5.76. The predicted octanol–water partition coefficient (Wildman–Crippen LogP) is 3.34. The molecular weight excluding hydrogens is 257 g/mol. The number of nitrogens with one attached hydrogen (secondary N) is 1. The van der Waals surface area contributed by atoms with Crippen LogP contribution in [0, 0.1) is 19.7 Å². The average molecular weight is 275 g/mol. The molecule has 0 radical (unpaired) electrons. The Labute approximate surface area is 118 Å². The maximum absolute atomic E-state index is 13.5. The molecule has 0 aliphatic heterocycles. The van der Waals surface area contributed by atoms with Crippen molar-refractivity contribution in [1.82, 2.24) is 9.97 Å². The molecule has 0 saturated carbocycles. The number of benzene rings is 1. The molecule has 4 nitrogen and oxygen atoms in total. The number of aryl methyl sites for hydroxylation is 2. The van der Waals surface area contributed by atoms with E-state index in [1.807, 2.05) is 20.8 Å². The summed E-state index contributed by atoms with van der Waals surface area (Å²) in [6, 6.07) is 4.37. The third kappa shape index (κ3) is 2.71.